The van der Waals surface area contributed by atoms with Crippen LogP contribution in [0.5, 0.6) is 11.5 Å². The van der Waals surface area contributed by atoms with Gasteiger partial charge in [0.15, 0.2) is 11.5 Å². The fourth-order valence-electron chi connectivity index (χ4n) is 0.835. The second kappa shape index (κ2) is 3.86. The summed E-state index contributed by atoms with van der Waals surface area (Å²) in [6, 6.07) is 8.30. The predicted octanol–water partition coefficient (Wildman–Crippen LogP) is 1.89. The number of benzene rings is 1. The predicted molar refractivity (Wildman–Crippen MR) is 43.0 cm³/mol. The zero-order valence-electron chi connectivity index (χ0n) is 6.76. The molecule has 1 aromatic carbocycles. The molecule has 0 aliphatic carbocycles. The minimum Gasteiger partial charge on any atom is -0.493 e. The third kappa shape index (κ3) is 1.87. The van der Waals surface area contributed by atoms with E-state index in [1.165, 1.54) is 0 Å². The third-order valence-corrected chi connectivity index (χ3v) is 1.31. The Labute approximate surface area is 66.8 Å². The fraction of sp³-hybridized carbons (Fsp3) is 0.333. The fourth-order valence-corrected chi connectivity index (χ4v) is 0.835. The molecule has 0 atom stereocenters. The molecule has 1 radical (unpaired) electrons. The van der Waals surface area contributed by atoms with E-state index in [1.807, 2.05) is 13.0 Å². The molecule has 0 unspecified atom stereocenters. The Bertz CT molecular complexity index is 221. The summed E-state index contributed by atoms with van der Waals surface area (Å²) in [7, 11) is 1.62. The first-order valence-corrected chi connectivity index (χ1v) is 3.55. The van der Waals surface area contributed by atoms with Crippen LogP contribution in [0.15, 0.2) is 18.2 Å². The normalized spacial score (nSPS) is 9.27. The molecule has 0 aliphatic heterocycles. The maximum Gasteiger partial charge on any atom is 0.161 e. The maximum absolute atomic E-state index is 5.28. The van der Waals surface area contributed by atoms with Gasteiger partial charge in [-0.3, -0.25) is 0 Å². The Morgan fingerprint density at radius 2 is 2.27 bits per heavy atom. The average molecular weight is 151 g/mol. The third-order valence-electron chi connectivity index (χ3n) is 1.31. The summed E-state index contributed by atoms with van der Waals surface area (Å²) in [6.45, 7) is 2.59. The molecular weight excluding hydrogens is 140 g/mol. The molecule has 0 fully saturated rings. The number of ether oxygens (including phenoxy) is 2. The highest BCUT2D eigenvalue weighted by Crippen LogP contribution is 2.24. The highest BCUT2D eigenvalue weighted by atomic mass is 16.5. The van der Waals surface area contributed by atoms with Crippen LogP contribution in [0, 0.1) is 6.07 Å². The highest BCUT2D eigenvalue weighted by molar-refractivity contribution is 5.38. The topological polar surface area (TPSA) is 18.5 Å². The van der Waals surface area contributed by atoms with E-state index in [9.17, 15) is 0 Å². The first-order chi connectivity index (χ1) is 5.38. The van der Waals surface area contributed by atoms with Gasteiger partial charge in [0.2, 0.25) is 0 Å². The lowest BCUT2D eigenvalue weighted by atomic mass is 10.3. The monoisotopic (exact) mass is 151 g/mol. The molecule has 0 bridgehead atoms. The Morgan fingerprint density at radius 3 is 2.91 bits per heavy atom. The van der Waals surface area contributed by atoms with E-state index in [2.05, 4.69) is 6.07 Å². The molecule has 0 aromatic heterocycles. The van der Waals surface area contributed by atoms with Crippen molar-refractivity contribution in [3.05, 3.63) is 24.3 Å². The Balaban J connectivity index is 2.83. The van der Waals surface area contributed by atoms with Gasteiger partial charge in [0.25, 0.3) is 0 Å². The SMILES string of the molecule is CCOc1cc[c]cc1OC. The number of methoxy groups -OCH3 is 1. The molecule has 1 aromatic rings. The summed E-state index contributed by atoms with van der Waals surface area (Å²) in [6.07, 6.45) is 0. The van der Waals surface area contributed by atoms with Crippen LogP contribution in [-0.2, 0) is 0 Å². The van der Waals surface area contributed by atoms with Crippen molar-refractivity contribution in [2.75, 3.05) is 13.7 Å². The van der Waals surface area contributed by atoms with E-state index in [0.29, 0.717) is 6.61 Å². The lowest BCUT2D eigenvalue weighted by molar-refractivity contribution is 0.311. The lowest BCUT2D eigenvalue weighted by Gasteiger charge is -2.06. The summed E-state index contributed by atoms with van der Waals surface area (Å²) in [5.74, 6) is 1.50. The second-order valence-corrected chi connectivity index (χ2v) is 2.01. The van der Waals surface area contributed by atoms with Crippen molar-refractivity contribution in [1.29, 1.82) is 0 Å². The van der Waals surface area contributed by atoms with E-state index in [1.54, 1.807) is 19.2 Å². The molecule has 0 N–H and O–H groups in total. The maximum atomic E-state index is 5.28. The van der Waals surface area contributed by atoms with Crippen molar-refractivity contribution in [3.63, 3.8) is 0 Å². The lowest BCUT2D eigenvalue weighted by Crippen LogP contribution is -1.94. The standard InChI is InChI=1S/C9H11O2/c1-3-11-9-7-5-4-6-8(9)10-2/h5-7H,3H2,1-2H3. The summed E-state index contributed by atoms with van der Waals surface area (Å²) < 4.78 is 10.3. The average Bonchev–Trinajstić information content (AvgIpc) is 2.06. The molecule has 0 amide bonds. The first-order valence-electron chi connectivity index (χ1n) is 3.55. The molecular formula is C9H11O2. The molecule has 0 spiro atoms. The van der Waals surface area contributed by atoms with Crippen LogP contribution in [0.4, 0.5) is 0 Å². The zero-order chi connectivity index (χ0) is 8.10. The molecule has 2 nitrogen and oxygen atoms in total. The van der Waals surface area contributed by atoms with Gasteiger partial charge in [0.1, 0.15) is 0 Å². The zero-order valence-corrected chi connectivity index (χ0v) is 6.76. The van der Waals surface area contributed by atoms with Gasteiger partial charge in [-0.15, -0.1) is 0 Å². The Morgan fingerprint density at radius 1 is 1.45 bits per heavy atom. The van der Waals surface area contributed by atoms with E-state index < -0.39 is 0 Å². The van der Waals surface area contributed by atoms with Crippen LogP contribution < -0.4 is 9.47 Å². The summed E-state index contributed by atoms with van der Waals surface area (Å²) in [4.78, 5) is 0. The van der Waals surface area contributed by atoms with Gasteiger partial charge >= 0.3 is 0 Å². The van der Waals surface area contributed by atoms with Crippen LogP contribution in [0.3, 0.4) is 0 Å². The molecule has 2 heteroatoms. The molecule has 0 aliphatic rings. The van der Waals surface area contributed by atoms with Crippen LogP contribution >= 0.6 is 0 Å². The summed E-state index contributed by atoms with van der Waals surface area (Å²) in [5, 5.41) is 0. The summed E-state index contributed by atoms with van der Waals surface area (Å²) >= 11 is 0. The second-order valence-electron chi connectivity index (χ2n) is 2.01. The number of hydrogen-bond donors (Lipinski definition) is 0. The molecule has 0 heterocycles. The van der Waals surface area contributed by atoms with Gasteiger partial charge < -0.3 is 9.47 Å². The molecule has 59 valence electrons. The van der Waals surface area contributed by atoms with Gasteiger partial charge in [0, 0.05) is 0 Å². The van der Waals surface area contributed by atoms with Crippen molar-refractivity contribution in [1.82, 2.24) is 0 Å². The molecule has 0 saturated carbocycles. The van der Waals surface area contributed by atoms with Gasteiger partial charge in [-0.25, -0.2) is 0 Å². The van der Waals surface area contributed by atoms with E-state index in [0.717, 1.165) is 11.5 Å². The van der Waals surface area contributed by atoms with E-state index >= 15 is 0 Å². The van der Waals surface area contributed by atoms with Crippen molar-refractivity contribution >= 4 is 0 Å². The number of hydrogen-bond acceptors (Lipinski definition) is 2. The van der Waals surface area contributed by atoms with Crippen molar-refractivity contribution in [3.8, 4) is 11.5 Å². The Hall–Kier alpha value is -1.18. The molecule has 0 saturated heterocycles. The minimum atomic E-state index is 0.653. The van der Waals surface area contributed by atoms with Crippen LogP contribution in [-0.4, -0.2) is 13.7 Å². The molecule has 1 rings (SSSR count). The van der Waals surface area contributed by atoms with Gasteiger partial charge in [0.05, 0.1) is 13.7 Å². The van der Waals surface area contributed by atoms with Crippen LogP contribution in [0.25, 0.3) is 0 Å². The summed E-state index contributed by atoms with van der Waals surface area (Å²) in [5.41, 5.74) is 0. The van der Waals surface area contributed by atoms with E-state index in [-0.39, 0.29) is 0 Å². The minimum absolute atomic E-state index is 0.653. The smallest absolute Gasteiger partial charge is 0.161 e. The van der Waals surface area contributed by atoms with Gasteiger partial charge in [-0.1, -0.05) is 6.07 Å². The number of rotatable bonds is 3. The van der Waals surface area contributed by atoms with Crippen molar-refractivity contribution in [2.24, 2.45) is 0 Å². The van der Waals surface area contributed by atoms with Crippen molar-refractivity contribution < 1.29 is 9.47 Å². The molecule has 11 heavy (non-hydrogen) atoms. The quantitative estimate of drug-likeness (QED) is 0.656. The van der Waals surface area contributed by atoms with Crippen molar-refractivity contribution in [2.45, 2.75) is 6.92 Å². The largest absolute Gasteiger partial charge is 0.493 e. The van der Waals surface area contributed by atoms with E-state index in [4.69, 9.17) is 9.47 Å². The first kappa shape index (κ1) is 7.92. The van der Waals surface area contributed by atoms with Crippen LogP contribution in [0.2, 0.25) is 0 Å². The van der Waals surface area contributed by atoms with Gasteiger partial charge in [-0.05, 0) is 25.1 Å². The highest BCUT2D eigenvalue weighted by Gasteiger charge is 1.99. The van der Waals surface area contributed by atoms with Gasteiger partial charge in [-0.2, -0.15) is 0 Å². The Kier molecular flexibility index (Phi) is 2.78. The van der Waals surface area contributed by atoms with Crippen LogP contribution in [0.1, 0.15) is 6.92 Å².